The van der Waals surface area contributed by atoms with E-state index in [2.05, 4.69) is 38.2 Å². The van der Waals surface area contributed by atoms with Gasteiger partial charge in [0.1, 0.15) is 0 Å². The quantitative estimate of drug-likeness (QED) is 0.632. The molecule has 0 saturated heterocycles. The predicted octanol–water partition coefficient (Wildman–Crippen LogP) is 3.44. The van der Waals surface area contributed by atoms with Gasteiger partial charge in [-0.25, -0.2) is 0 Å². The van der Waals surface area contributed by atoms with Gasteiger partial charge in [-0.1, -0.05) is 20.8 Å². The van der Waals surface area contributed by atoms with Crippen molar-refractivity contribution in [2.45, 2.75) is 40.3 Å². The average Bonchev–Trinajstić information content (AvgIpc) is 2.81. The van der Waals surface area contributed by atoms with Crippen molar-refractivity contribution in [1.82, 2.24) is 5.32 Å². The van der Waals surface area contributed by atoms with Gasteiger partial charge in [0, 0.05) is 22.9 Å². The van der Waals surface area contributed by atoms with Gasteiger partial charge in [-0.2, -0.15) is 0 Å². The summed E-state index contributed by atoms with van der Waals surface area (Å²) in [5.41, 5.74) is 0. The number of rotatable bonds is 11. The van der Waals surface area contributed by atoms with Gasteiger partial charge in [0.25, 0.3) is 0 Å². The number of ether oxygens (including phenoxy) is 2. The SMILES string of the molecule is CCCNCc1ccc(COCCOCC(C)C)s1. The standard InChI is InChI=1S/C15H27NO2S/c1-4-7-16-10-14-5-6-15(19-14)12-18-9-8-17-11-13(2)3/h5-6,13,16H,4,7-12H2,1-3H3. The third-order valence-electron chi connectivity index (χ3n) is 2.51. The molecule has 3 nitrogen and oxygen atoms in total. The lowest BCUT2D eigenvalue weighted by atomic mass is 10.2. The molecule has 1 aromatic heterocycles. The van der Waals surface area contributed by atoms with Crippen LogP contribution in [0.15, 0.2) is 12.1 Å². The second-order valence-electron chi connectivity index (χ2n) is 5.07. The molecule has 0 aliphatic heterocycles. The molecular weight excluding hydrogens is 258 g/mol. The zero-order chi connectivity index (χ0) is 13.9. The van der Waals surface area contributed by atoms with Gasteiger partial charge in [-0.05, 0) is 31.0 Å². The summed E-state index contributed by atoms with van der Waals surface area (Å²) in [6.45, 7) is 11.4. The molecule has 0 spiro atoms. The zero-order valence-corrected chi connectivity index (χ0v) is 13.2. The highest BCUT2D eigenvalue weighted by molar-refractivity contribution is 7.11. The summed E-state index contributed by atoms with van der Waals surface area (Å²) in [6.07, 6.45) is 1.18. The van der Waals surface area contributed by atoms with Crippen LogP contribution in [0.2, 0.25) is 0 Å². The molecule has 0 radical (unpaired) electrons. The van der Waals surface area contributed by atoms with E-state index in [1.54, 1.807) is 0 Å². The smallest absolute Gasteiger partial charge is 0.0810 e. The van der Waals surface area contributed by atoms with Crippen LogP contribution in [0, 0.1) is 5.92 Å². The molecule has 110 valence electrons. The summed E-state index contributed by atoms with van der Waals surface area (Å²) in [6, 6.07) is 4.34. The molecule has 0 fully saturated rings. The van der Waals surface area contributed by atoms with E-state index < -0.39 is 0 Å². The van der Waals surface area contributed by atoms with Crippen molar-refractivity contribution in [2.24, 2.45) is 5.92 Å². The number of nitrogens with one attached hydrogen (secondary N) is 1. The van der Waals surface area contributed by atoms with Gasteiger partial charge in [0.2, 0.25) is 0 Å². The Morgan fingerprint density at radius 3 is 2.63 bits per heavy atom. The van der Waals surface area contributed by atoms with Crippen LogP contribution in [0.4, 0.5) is 0 Å². The Bertz CT molecular complexity index is 326. The Hall–Kier alpha value is -0.420. The molecule has 1 rings (SSSR count). The first-order valence-corrected chi connectivity index (χ1v) is 7.97. The van der Waals surface area contributed by atoms with Crippen molar-refractivity contribution in [2.75, 3.05) is 26.4 Å². The summed E-state index contributed by atoms with van der Waals surface area (Å²) in [5.74, 6) is 0.593. The largest absolute Gasteiger partial charge is 0.379 e. The van der Waals surface area contributed by atoms with Gasteiger partial charge >= 0.3 is 0 Å². The molecule has 0 atom stereocenters. The molecule has 0 amide bonds. The van der Waals surface area contributed by atoms with Crippen LogP contribution in [0.25, 0.3) is 0 Å². The molecule has 19 heavy (non-hydrogen) atoms. The molecule has 0 aliphatic carbocycles. The fourth-order valence-electron chi connectivity index (χ4n) is 1.59. The van der Waals surface area contributed by atoms with E-state index >= 15 is 0 Å². The van der Waals surface area contributed by atoms with Crippen LogP contribution in [0.1, 0.15) is 36.9 Å². The third-order valence-corrected chi connectivity index (χ3v) is 3.57. The van der Waals surface area contributed by atoms with E-state index in [1.165, 1.54) is 16.2 Å². The maximum atomic E-state index is 5.61. The Morgan fingerprint density at radius 1 is 1.16 bits per heavy atom. The van der Waals surface area contributed by atoms with E-state index in [4.69, 9.17) is 9.47 Å². The van der Waals surface area contributed by atoms with Gasteiger partial charge in [0.15, 0.2) is 0 Å². The van der Waals surface area contributed by atoms with Gasteiger partial charge in [0.05, 0.1) is 19.8 Å². The average molecular weight is 285 g/mol. The normalized spacial score (nSPS) is 11.4. The van der Waals surface area contributed by atoms with Gasteiger partial charge in [-0.3, -0.25) is 0 Å². The highest BCUT2D eigenvalue weighted by Crippen LogP contribution is 2.17. The van der Waals surface area contributed by atoms with Crippen LogP contribution in [-0.2, 0) is 22.6 Å². The fourth-order valence-corrected chi connectivity index (χ4v) is 2.52. The van der Waals surface area contributed by atoms with E-state index in [1.807, 2.05) is 11.3 Å². The van der Waals surface area contributed by atoms with Crippen molar-refractivity contribution >= 4 is 11.3 Å². The fraction of sp³-hybridized carbons (Fsp3) is 0.733. The van der Waals surface area contributed by atoms with Crippen LogP contribution in [-0.4, -0.2) is 26.4 Å². The van der Waals surface area contributed by atoms with E-state index in [-0.39, 0.29) is 0 Å². The van der Waals surface area contributed by atoms with Gasteiger partial charge in [-0.15, -0.1) is 11.3 Å². The lowest BCUT2D eigenvalue weighted by molar-refractivity contribution is 0.0322. The van der Waals surface area contributed by atoms with E-state index in [0.29, 0.717) is 25.7 Å². The minimum atomic E-state index is 0.593. The van der Waals surface area contributed by atoms with Crippen LogP contribution < -0.4 is 5.32 Å². The minimum absolute atomic E-state index is 0.593. The van der Waals surface area contributed by atoms with Crippen LogP contribution in [0.5, 0.6) is 0 Å². The Morgan fingerprint density at radius 2 is 1.89 bits per heavy atom. The van der Waals surface area contributed by atoms with Crippen molar-refractivity contribution in [3.63, 3.8) is 0 Å². The highest BCUT2D eigenvalue weighted by Gasteiger charge is 2.00. The molecule has 1 aromatic rings. The molecule has 0 aliphatic rings. The topological polar surface area (TPSA) is 30.5 Å². The summed E-state index contributed by atoms with van der Waals surface area (Å²) in [4.78, 5) is 2.67. The summed E-state index contributed by atoms with van der Waals surface area (Å²) in [5, 5.41) is 3.41. The maximum Gasteiger partial charge on any atom is 0.0810 e. The third kappa shape index (κ3) is 8.37. The Labute approximate surface area is 121 Å². The first kappa shape index (κ1) is 16.6. The molecular formula is C15H27NO2S. The highest BCUT2D eigenvalue weighted by atomic mass is 32.1. The molecule has 4 heteroatoms. The summed E-state index contributed by atoms with van der Waals surface area (Å²) >= 11 is 1.82. The molecule has 0 aromatic carbocycles. The van der Waals surface area contributed by atoms with Gasteiger partial charge < -0.3 is 14.8 Å². The van der Waals surface area contributed by atoms with Crippen molar-refractivity contribution in [1.29, 1.82) is 0 Å². The monoisotopic (exact) mass is 285 g/mol. The lowest BCUT2D eigenvalue weighted by Crippen LogP contribution is -2.12. The Kier molecular flexibility index (Phi) is 9.08. The zero-order valence-electron chi connectivity index (χ0n) is 12.4. The lowest BCUT2D eigenvalue weighted by Gasteiger charge is -2.06. The molecule has 1 heterocycles. The number of hydrogen-bond acceptors (Lipinski definition) is 4. The molecule has 0 saturated carbocycles. The van der Waals surface area contributed by atoms with Crippen LogP contribution in [0.3, 0.4) is 0 Å². The first-order valence-electron chi connectivity index (χ1n) is 7.16. The Balaban J connectivity index is 2.06. The molecule has 0 unspecified atom stereocenters. The first-order chi connectivity index (χ1) is 9.22. The summed E-state index contributed by atoms with van der Waals surface area (Å²) < 4.78 is 11.1. The molecule has 1 N–H and O–H groups in total. The van der Waals surface area contributed by atoms with E-state index in [0.717, 1.165) is 19.7 Å². The second-order valence-corrected chi connectivity index (χ2v) is 6.32. The minimum Gasteiger partial charge on any atom is -0.379 e. The number of thiophene rings is 1. The van der Waals surface area contributed by atoms with E-state index in [9.17, 15) is 0 Å². The second kappa shape index (κ2) is 10.4. The van der Waals surface area contributed by atoms with Crippen molar-refractivity contribution in [3.8, 4) is 0 Å². The van der Waals surface area contributed by atoms with Crippen molar-refractivity contribution < 1.29 is 9.47 Å². The maximum absolute atomic E-state index is 5.61. The predicted molar refractivity (Wildman–Crippen MR) is 81.6 cm³/mol. The summed E-state index contributed by atoms with van der Waals surface area (Å²) in [7, 11) is 0. The van der Waals surface area contributed by atoms with Crippen molar-refractivity contribution in [3.05, 3.63) is 21.9 Å². The molecule has 0 bridgehead atoms. The number of hydrogen-bond donors (Lipinski definition) is 1. The van der Waals surface area contributed by atoms with Crippen LogP contribution >= 0.6 is 11.3 Å².